The summed E-state index contributed by atoms with van der Waals surface area (Å²) in [7, 11) is 0. The molecule has 0 spiro atoms. The van der Waals surface area contributed by atoms with Gasteiger partial charge in [-0.1, -0.05) is 24.3 Å². The Balaban J connectivity index is 1.62. The molecule has 5 aromatic rings. The third-order valence-electron chi connectivity index (χ3n) is 6.31. The number of aromatic amines is 1. The van der Waals surface area contributed by atoms with E-state index in [0.29, 0.717) is 11.6 Å². The number of hydrogen-bond acceptors (Lipinski definition) is 6. The van der Waals surface area contributed by atoms with E-state index >= 15 is 0 Å². The fraction of sp³-hybridized carbons (Fsp3) is 0.115. The minimum atomic E-state index is -0.791. The molecular formula is C26H21N7O2. The number of aryl methyl sites for hydroxylation is 2. The summed E-state index contributed by atoms with van der Waals surface area (Å²) in [5.74, 6) is -0.438. The zero-order chi connectivity index (χ0) is 23.9. The van der Waals surface area contributed by atoms with Crippen LogP contribution in [0.3, 0.4) is 0 Å². The minimum Gasteiger partial charge on any atom is -0.365 e. The normalized spacial score (nSPS) is 12.6. The van der Waals surface area contributed by atoms with E-state index in [4.69, 9.17) is 10.7 Å². The van der Waals surface area contributed by atoms with Gasteiger partial charge in [0.1, 0.15) is 5.56 Å². The number of nitrogens with one attached hydrogen (secondary N) is 1. The van der Waals surface area contributed by atoms with Crippen LogP contribution in [0.15, 0.2) is 78.1 Å². The average molecular weight is 464 g/mol. The van der Waals surface area contributed by atoms with E-state index in [1.165, 1.54) is 23.5 Å². The molecule has 3 aromatic heterocycles. The smallest absolute Gasteiger partial charge is 0.254 e. The number of amides is 1. The number of primary amides is 1. The Morgan fingerprint density at radius 1 is 1.03 bits per heavy atom. The van der Waals surface area contributed by atoms with Gasteiger partial charge in [0.25, 0.3) is 5.91 Å². The number of aromatic nitrogens is 5. The highest BCUT2D eigenvalue weighted by atomic mass is 16.2. The Morgan fingerprint density at radius 3 is 2.63 bits per heavy atom. The predicted octanol–water partition coefficient (Wildman–Crippen LogP) is 3.56. The standard InChI is InChI=1S/C26H21N7O2/c27-24(35)22-15-32(19-10-9-16-5-4-6-17(16)11-19)25-21(23(22)34)14-28-26(31-25)33(20-12-29-30-13-20)18-7-2-1-3-8-18/h1-3,7-15H,4-6H2,(H2,27,35)(H,29,30). The van der Waals surface area contributed by atoms with E-state index in [-0.39, 0.29) is 10.9 Å². The van der Waals surface area contributed by atoms with Crippen molar-refractivity contribution in [3.8, 4) is 5.69 Å². The molecule has 9 heteroatoms. The maximum Gasteiger partial charge on any atom is 0.254 e. The highest BCUT2D eigenvalue weighted by Gasteiger charge is 2.21. The third-order valence-corrected chi connectivity index (χ3v) is 6.31. The van der Waals surface area contributed by atoms with Crippen LogP contribution >= 0.6 is 0 Å². The maximum absolute atomic E-state index is 13.1. The summed E-state index contributed by atoms with van der Waals surface area (Å²) in [5, 5.41) is 7.11. The van der Waals surface area contributed by atoms with Gasteiger partial charge in [0.05, 0.1) is 17.3 Å². The molecule has 0 saturated carbocycles. The largest absolute Gasteiger partial charge is 0.365 e. The number of hydrogen-bond donors (Lipinski definition) is 2. The predicted molar refractivity (Wildman–Crippen MR) is 133 cm³/mol. The molecular weight excluding hydrogens is 442 g/mol. The first-order valence-corrected chi connectivity index (χ1v) is 11.3. The van der Waals surface area contributed by atoms with Crippen LogP contribution in [0.25, 0.3) is 16.7 Å². The number of H-pyrrole nitrogens is 1. The van der Waals surface area contributed by atoms with Crippen LogP contribution in [0.1, 0.15) is 27.9 Å². The summed E-state index contributed by atoms with van der Waals surface area (Å²) in [4.78, 5) is 36.4. The number of pyridine rings is 1. The monoisotopic (exact) mass is 463 g/mol. The summed E-state index contributed by atoms with van der Waals surface area (Å²) < 4.78 is 1.75. The van der Waals surface area contributed by atoms with Gasteiger partial charge < -0.3 is 10.3 Å². The lowest BCUT2D eigenvalue weighted by atomic mass is 10.1. The molecule has 3 heterocycles. The molecule has 0 atom stereocenters. The van der Waals surface area contributed by atoms with Crippen molar-refractivity contribution in [2.45, 2.75) is 19.3 Å². The number of rotatable bonds is 5. The van der Waals surface area contributed by atoms with Crippen molar-refractivity contribution in [2.75, 3.05) is 4.90 Å². The number of carbonyl (C=O) groups excluding carboxylic acids is 1. The Morgan fingerprint density at radius 2 is 1.86 bits per heavy atom. The quantitative estimate of drug-likeness (QED) is 0.411. The lowest BCUT2D eigenvalue weighted by Crippen LogP contribution is -2.25. The zero-order valence-corrected chi connectivity index (χ0v) is 18.7. The molecule has 0 bridgehead atoms. The second-order valence-corrected chi connectivity index (χ2v) is 8.45. The van der Waals surface area contributed by atoms with Crippen molar-refractivity contribution >= 4 is 34.3 Å². The molecule has 6 rings (SSSR count). The molecule has 0 saturated heterocycles. The van der Waals surface area contributed by atoms with Crippen molar-refractivity contribution in [3.05, 3.63) is 100 Å². The maximum atomic E-state index is 13.1. The molecule has 0 radical (unpaired) electrons. The lowest BCUT2D eigenvalue weighted by Gasteiger charge is -2.22. The van der Waals surface area contributed by atoms with E-state index in [1.807, 2.05) is 41.3 Å². The molecule has 2 aromatic carbocycles. The van der Waals surface area contributed by atoms with E-state index < -0.39 is 11.3 Å². The summed E-state index contributed by atoms with van der Waals surface area (Å²) >= 11 is 0. The summed E-state index contributed by atoms with van der Waals surface area (Å²) in [6, 6.07) is 15.8. The van der Waals surface area contributed by atoms with Gasteiger partial charge in [-0.05, 0) is 54.7 Å². The van der Waals surface area contributed by atoms with E-state index in [9.17, 15) is 9.59 Å². The van der Waals surface area contributed by atoms with E-state index in [1.54, 1.807) is 17.0 Å². The van der Waals surface area contributed by atoms with Crippen molar-refractivity contribution < 1.29 is 4.79 Å². The van der Waals surface area contributed by atoms with Crippen molar-refractivity contribution in [1.29, 1.82) is 0 Å². The van der Waals surface area contributed by atoms with Gasteiger partial charge in [0.15, 0.2) is 5.65 Å². The second-order valence-electron chi connectivity index (χ2n) is 8.45. The zero-order valence-electron chi connectivity index (χ0n) is 18.7. The molecule has 172 valence electrons. The topological polar surface area (TPSA) is 123 Å². The number of nitrogens with two attached hydrogens (primary N) is 1. The first-order chi connectivity index (χ1) is 17.1. The Bertz CT molecular complexity index is 1630. The van der Waals surface area contributed by atoms with Crippen molar-refractivity contribution in [1.82, 2.24) is 24.7 Å². The van der Waals surface area contributed by atoms with Crippen LogP contribution in [-0.4, -0.2) is 30.6 Å². The molecule has 1 aliphatic rings. The number of para-hydroxylation sites is 1. The lowest BCUT2D eigenvalue weighted by molar-refractivity contribution is 0.0999. The first kappa shape index (κ1) is 20.8. The number of anilines is 3. The Labute approximate surface area is 199 Å². The van der Waals surface area contributed by atoms with Crippen LogP contribution in [-0.2, 0) is 12.8 Å². The number of carbonyl (C=O) groups is 1. The van der Waals surface area contributed by atoms with Crippen LogP contribution < -0.4 is 16.1 Å². The van der Waals surface area contributed by atoms with Crippen LogP contribution in [0.5, 0.6) is 0 Å². The summed E-state index contributed by atoms with van der Waals surface area (Å²) in [6.45, 7) is 0. The SMILES string of the molecule is NC(=O)c1cn(-c2ccc3c(c2)CCC3)c2nc(N(c3ccccc3)c3cn[nH]c3)ncc2c1=O. The molecule has 3 N–H and O–H groups in total. The van der Waals surface area contributed by atoms with E-state index in [0.717, 1.165) is 36.3 Å². The molecule has 0 aliphatic heterocycles. The molecule has 0 fully saturated rings. The third kappa shape index (κ3) is 3.54. The molecule has 1 aliphatic carbocycles. The summed E-state index contributed by atoms with van der Waals surface area (Å²) in [6.07, 6.45) is 9.49. The number of nitrogens with zero attached hydrogens (tertiary/aromatic N) is 5. The average Bonchev–Trinajstić information content (AvgIpc) is 3.57. The van der Waals surface area contributed by atoms with Crippen LogP contribution in [0, 0.1) is 0 Å². The van der Waals surface area contributed by atoms with Gasteiger partial charge in [-0.3, -0.25) is 19.6 Å². The highest BCUT2D eigenvalue weighted by molar-refractivity contribution is 5.96. The van der Waals surface area contributed by atoms with Gasteiger partial charge in [0, 0.05) is 30.0 Å². The number of benzene rings is 2. The summed E-state index contributed by atoms with van der Waals surface area (Å²) in [5.41, 5.74) is 10.3. The Hall–Kier alpha value is -4.79. The minimum absolute atomic E-state index is 0.107. The van der Waals surface area contributed by atoms with Gasteiger partial charge in [-0.2, -0.15) is 10.1 Å². The van der Waals surface area contributed by atoms with Crippen molar-refractivity contribution in [2.24, 2.45) is 5.73 Å². The van der Waals surface area contributed by atoms with Gasteiger partial charge in [-0.25, -0.2) is 4.98 Å². The van der Waals surface area contributed by atoms with Gasteiger partial charge >= 0.3 is 0 Å². The molecule has 35 heavy (non-hydrogen) atoms. The first-order valence-electron chi connectivity index (χ1n) is 11.3. The van der Waals surface area contributed by atoms with Gasteiger partial charge in [0.2, 0.25) is 11.4 Å². The molecule has 1 amide bonds. The van der Waals surface area contributed by atoms with Crippen LogP contribution in [0.4, 0.5) is 17.3 Å². The second kappa shape index (κ2) is 8.21. The Kier molecular flexibility index (Phi) is 4.88. The highest BCUT2D eigenvalue weighted by Crippen LogP contribution is 2.32. The fourth-order valence-electron chi connectivity index (χ4n) is 4.61. The number of fused-ring (bicyclic) bond motifs is 2. The van der Waals surface area contributed by atoms with Crippen molar-refractivity contribution in [3.63, 3.8) is 0 Å². The molecule has 9 nitrogen and oxygen atoms in total. The van der Waals surface area contributed by atoms with Gasteiger partial charge in [-0.15, -0.1) is 0 Å². The fourth-order valence-corrected chi connectivity index (χ4v) is 4.61. The molecule has 0 unspecified atom stereocenters. The van der Waals surface area contributed by atoms with Crippen LogP contribution in [0.2, 0.25) is 0 Å². The van der Waals surface area contributed by atoms with E-state index in [2.05, 4.69) is 27.3 Å².